The van der Waals surface area contributed by atoms with Crippen LogP contribution in [-0.4, -0.2) is 16.4 Å². The molecule has 0 saturated heterocycles. The van der Waals surface area contributed by atoms with Crippen molar-refractivity contribution in [2.45, 2.75) is 13.8 Å². The number of rotatable bonds is 4. The van der Waals surface area contributed by atoms with Crippen LogP contribution in [0.5, 0.6) is 0 Å². The van der Waals surface area contributed by atoms with E-state index in [-0.39, 0.29) is 13.1 Å². The molecule has 1 aromatic heterocycles. The molecule has 6 heteroatoms. The van der Waals surface area contributed by atoms with Crippen LogP contribution in [0.1, 0.15) is 25.2 Å². The summed E-state index contributed by atoms with van der Waals surface area (Å²) in [5.74, 6) is 0. The van der Waals surface area contributed by atoms with E-state index in [1.165, 1.54) is 10.8 Å². The van der Waals surface area contributed by atoms with Gasteiger partial charge in [0.05, 0.1) is 34.2 Å². The molecule has 0 saturated carbocycles. The molecule has 0 radical (unpaired) electrons. The van der Waals surface area contributed by atoms with Crippen LogP contribution in [0, 0.1) is 0 Å². The second-order valence-electron chi connectivity index (χ2n) is 7.85. The number of hydrogen-bond acceptors (Lipinski definition) is 3. The zero-order valence-corrected chi connectivity index (χ0v) is 21.9. The topological polar surface area (TPSA) is 37.6 Å². The summed E-state index contributed by atoms with van der Waals surface area (Å²) in [4.78, 5) is 14.7. The Bertz CT molecular complexity index is 1410. The van der Waals surface area contributed by atoms with Crippen LogP contribution >= 0.6 is 20.2 Å². The van der Waals surface area contributed by atoms with E-state index in [2.05, 4.69) is 36.4 Å². The SMILES string of the molecule is CC(=Nc1cccc2ccccc12)c1cccc(C(C)=Nc2cccc3ccccc23)n1.[Cl][Fe][Cl]. The maximum atomic E-state index is 4.90. The van der Waals surface area contributed by atoms with Gasteiger partial charge in [-0.15, -0.1) is 0 Å². The third-order valence-electron chi connectivity index (χ3n) is 5.60. The molecule has 0 spiro atoms. The van der Waals surface area contributed by atoms with Crippen LogP contribution < -0.4 is 0 Å². The number of aliphatic imine (C=N–C) groups is 2. The third kappa shape index (κ3) is 6.17. The van der Waals surface area contributed by atoms with Crippen molar-refractivity contribution < 1.29 is 13.1 Å². The monoisotopic (exact) mass is 539 g/mol. The number of halogens is 2. The summed E-state index contributed by atoms with van der Waals surface area (Å²) in [5.41, 5.74) is 5.36. The van der Waals surface area contributed by atoms with E-state index in [1.807, 2.05) is 80.6 Å². The fourth-order valence-corrected chi connectivity index (χ4v) is 3.93. The van der Waals surface area contributed by atoms with Gasteiger partial charge in [0, 0.05) is 10.8 Å². The summed E-state index contributed by atoms with van der Waals surface area (Å²) in [5, 5.41) is 4.64. The van der Waals surface area contributed by atoms with Crippen molar-refractivity contribution in [1.82, 2.24) is 4.98 Å². The zero-order chi connectivity index (χ0) is 24.6. The molecule has 0 aliphatic heterocycles. The molecule has 0 aliphatic rings. The predicted octanol–water partition coefficient (Wildman–Crippen LogP) is 9.05. The van der Waals surface area contributed by atoms with Crippen molar-refractivity contribution in [2.24, 2.45) is 9.98 Å². The quantitative estimate of drug-likeness (QED) is 0.166. The Hall–Kier alpha value is -3.01. The first-order valence-electron chi connectivity index (χ1n) is 11.0. The van der Waals surface area contributed by atoms with Crippen molar-refractivity contribution in [3.8, 4) is 0 Å². The summed E-state index contributed by atoms with van der Waals surface area (Å²) >= 11 is 0.194. The number of pyridine rings is 1. The Kier molecular flexibility index (Phi) is 8.68. The summed E-state index contributed by atoms with van der Waals surface area (Å²) in [7, 11) is 9.53. The first kappa shape index (κ1) is 25.1. The van der Waals surface area contributed by atoms with E-state index in [4.69, 9.17) is 35.2 Å². The molecule has 5 aromatic rings. The number of benzene rings is 4. The van der Waals surface area contributed by atoms with E-state index in [0.717, 1.165) is 45.0 Å². The molecule has 4 aromatic carbocycles. The van der Waals surface area contributed by atoms with Crippen molar-refractivity contribution in [1.29, 1.82) is 0 Å². The molecular formula is C29H23Cl2FeN3. The van der Waals surface area contributed by atoms with Gasteiger partial charge in [-0.05, 0) is 48.9 Å². The van der Waals surface area contributed by atoms with Crippen LogP contribution in [0.3, 0.4) is 0 Å². The molecule has 5 rings (SSSR count). The van der Waals surface area contributed by atoms with Gasteiger partial charge >= 0.3 is 33.3 Å². The number of hydrogen-bond donors (Lipinski definition) is 0. The van der Waals surface area contributed by atoms with Gasteiger partial charge in [-0.25, -0.2) is 4.98 Å². The maximum absolute atomic E-state index is 4.90. The Morgan fingerprint density at radius 2 is 0.943 bits per heavy atom. The molecule has 35 heavy (non-hydrogen) atoms. The summed E-state index contributed by atoms with van der Waals surface area (Å²) < 4.78 is 0. The molecule has 1 heterocycles. The first-order chi connectivity index (χ1) is 17.1. The Labute approximate surface area is 220 Å². The molecule has 0 atom stereocenters. The van der Waals surface area contributed by atoms with Gasteiger partial charge in [0.1, 0.15) is 0 Å². The third-order valence-corrected chi connectivity index (χ3v) is 5.60. The molecule has 0 fully saturated rings. The van der Waals surface area contributed by atoms with Crippen LogP contribution in [0.2, 0.25) is 0 Å². The van der Waals surface area contributed by atoms with Crippen LogP contribution in [0.15, 0.2) is 113 Å². The average molecular weight is 540 g/mol. The Morgan fingerprint density at radius 3 is 1.40 bits per heavy atom. The molecule has 176 valence electrons. The minimum absolute atomic E-state index is 0.194. The van der Waals surface area contributed by atoms with Gasteiger partial charge in [0.15, 0.2) is 0 Å². The molecule has 3 nitrogen and oxygen atoms in total. The predicted molar refractivity (Wildman–Crippen MR) is 148 cm³/mol. The minimum atomic E-state index is 0.194. The van der Waals surface area contributed by atoms with E-state index in [0.29, 0.717) is 0 Å². The van der Waals surface area contributed by atoms with Gasteiger partial charge in [0.25, 0.3) is 0 Å². The van der Waals surface area contributed by atoms with E-state index >= 15 is 0 Å². The zero-order valence-electron chi connectivity index (χ0n) is 19.3. The second-order valence-corrected chi connectivity index (χ2v) is 9.67. The summed E-state index contributed by atoms with van der Waals surface area (Å²) in [6.07, 6.45) is 0. The van der Waals surface area contributed by atoms with Crippen LogP contribution in [0.4, 0.5) is 11.4 Å². The standard InChI is InChI=1S/C29H23N3.2ClH.Fe/c1-20(30-28-18-7-12-22-10-3-5-14-24(22)28)26-16-9-17-27(32-26)21(2)31-29-19-8-13-23-11-4-6-15-25(23)29;;;/h3-19H,1-2H3;2*1H;/q;;;+2/p-2. The van der Waals surface area contributed by atoms with Gasteiger partial charge in [-0.2, -0.15) is 0 Å². The second kappa shape index (κ2) is 12.1. The molecule has 0 unspecified atom stereocenters. The molecule has 0 N–H and O–H groups in total. The average Bonchev–Trinajstić information content (AvgIpc) is 2.89. The number of fused-ring (bicyclic) bond motifs is 2. The van der Waals surface area contributed by atoms with Crippen molar-refractivity contribution >= 4 is 64.5 Å². The number of aromatic nitrogens is 1. The van der Waals surface area contributed by atoms with E-state index in [9.17, 15) is 0 Å². The number of nitrogens with zero attached hydrogens (tertiary/aromatic N) is 3. The fourth-order valence-electron chi connectivity index (χ4n) is 3.93. The van der Waals surface area contributed by atoms with Gasteiger partial charge in [-0.1, -0.05) is 78.9 Å². The molecule has 0 bridgehead atoms. The van der Waals surface area contributed by atoms with Gasteiger partial charge in [0.2, 0.25) is 0 Å². The normalized spacial score (nSPS) is 12.0. The molecular weight excluding hydrogens is 517 g/mol. The fraction of sp³-hybridized carbons (Fsp3) is 0.0690. The first-order valence-corrected chi connectivity index (χ1v) is 14.0. The van der Waals surface area contributed by atoms with Crippen molar-refractivity contribution in [3.05, 3.63) is 115 Å². The van der Waals surface area contributed by atoms with Gasteiger partial charge in [-0.3, -0.25) is 9.98 Å². The van der Waals surface area contributed by atoms with E-state index in [1.54, 1.807) is 0 Å². The van der Waals surface area contributed by atoms with Gasteiger partial charge < -0.3 is 0 Å². The molecule has 0 amide bonds. The van der Waals surface area contributed by atoms with Crippen LogP contribution in [0.25, 0.3) is 21.5 Å². The summed E-state index contributed by atoms with van der Waals surface area (Å²) in [6, 6.07) is 35.0. The van der Waals surface area contributed by atoms with Crippen LogP contribution in [-0.2, 0) is 13.1 Å². The van der Waals surface area contributed by atoms with Crippen molar-refractivity contribution in [3.63, 3.8) is 0 Å². The Balaban J connectivity index is 0.000000917. The summed E-state index contributed by atoms with van der Waals surface area (Å²) in [6.45, 7) is 4.01. The van der Waals surface area contributed by atoms with Crippen molar-refractivity contribution in [2.75, 3.05) is 0 Å². The molecule has 0 aliphatic carbocycles. The van der Waals surface area contributed by atoms with E-state index < -0.39 is 0 Å². The Morgan fingerprint density at radius 1 is 0.571 bits per heavy atom.